The van der Waals surface area contributed by atoms with Gasteiger partial charge in [0.2, 0.25) is 11.1 Å². The molecule has 0 aliphatic carbocycles. The van der Waals surface area contributed by atoms with Gasteiger partial charge < -0.3 is 10.1 Å². The SMILES string of the molecule is O=C(CSc1nnnn1-c1ccc(Cl)cc1)NCc1ccc(CN2CCOCC2)cc1. The molecule has 2 heterocycles. The molecule has 1 fully saturated rings. The quantitative estimate of drug-likeness (QED) is 0.519. The molecule has 1 aromatic heterocycles. The number of carbonyl (C=O) groups is 1. The number of hydrogen-bond donors (Lipinski definition) is 1. The van der Waals surface area contributed by atoms with Crippen molar-refractivity contribution in [1.29, 1.82) is 0 Å². The minimum Gasteiger partial charge on any atom is -0.379 e. The van der Waals surface area contributed by atoms with Crippen molar-refractivity contribution in [2.75, 3.05) is 32.1 Å². The lowest BCUT2D eigenvalue weighted by molar-refractivity contribution is -0.118. The lowest BCUT2D eigenvalue weighted by atomic mass is 10.1. The highest BCUT2D eigenvalue weighted by molar-refractivity contribution is 7.99. The van der Waals surface area contributed by atoms with Crippen molar-refractivity contribution in [3.05, 3.63) is 64.7 Å². The Hall–Kier alpha value is -2.46. The van der Waals surface area contributed by atoms with Gasteiger partial charge in [-0.1, -0.05) is 47.6 Å². The van der Waals surface area contributed by atoms with E-state index < -0.39 is 0 Å². The zero-order valence-electron chi connectivity index (χ0n) is 16.9. The number of thioether (sulfide) groups is 1. The number of halogens is 1. The van der Waals surface area contributed by atoms with Crippen molar-refractivity contribution in [2.45, 2.75) is 18.2 Å². The first-order valence-corrected chi connectivity index (χ1v) is 11.4. The Morgan fingerprint density at radius 1 is 1.06 bits per heavy atom. The Morgan fingerprint density at radius 3 is 2.52 bits per heavy atom. The van der Waals surface area contributed by atoms with E-state index in [0.29, 0.717) is 16.7 Å². The summed E-state index contributed by atoms with van der Waals surface area (Å²) in [5.41, 5.74) is 3.12. The fraction of sp³-hybridized carbons (Fsp3) is 0.333. The van der Waals surface area contributed by atoms with E-state index in [0.717, 1.165) is 44.1 Å². The van der Waals surface area contributed by atoms with E-state index in [1.165, 1.54) is 17.3 Å². The minimum absolute atomic E-state index is 0.0759. The van der Waals surface area contributed by atoms with Gasteiger partial charge in [0.05, 0.1) is 24.7 Å². The number of morpholine rings is 1. The van der Waals surface area contributed by atoms with Crippen molar-refractivity contribution < 1.29 is 9.53 Å². The van der Waals surface area contributed by atoms with Crippen molar-refractivity contribution in [1.82, 2.24) is 30.4 Å². The third kappa shape index (κ3) is 6.27. The van der Waals surface area contributed by atoms with Crippen LogP contribution in [0.2, 0.25) is 5.02 Å². The second-order valence-corrected chi connectivity index (χ2v) is 8.50. The van der Waals surface area contributed by atoms with Crippen LogP contribution >= 0.6 is 23.4 Å². The molecule has 0 bridgehead atoms. The molecule has 3 aromatic rings. The summed E-state index contributed by atoms with van der Waals surface area (Å²) < 4.78 is 6.97. The van der Waals surface area contributed by atoms with Crippen LogP contribution < -0.4 is 5.32 Å². The van der Waals surface area contributed by atoms with E-state index in [1.807, 2.05) is 12.1 Å². The van der Waals surface area contributed by atoms with Crippen LogP contribution in [-0.4, -0.2) is 63.1 Å². The van der Waals surface area contributed by atoms with Gasteiger partial charge in [-0.15, -0.1) is 5.10 Å². The number of hydrogen-bond acceptors (Lipinski definition) is 7. The second-order valence-electron chi connectivity index (χ2n) is 7.12. The molecule has 1 aliphatic heterocycles. The van der Waals surface area contributed by atoms with Crippen LogP contribution in [0.1, 0.15) is 11.1 Å². The van der Waals surface area contributed by atoms with Gasteiger partial charge in [-0.25, -0.2) is 0 Å². The lowest BCUT2D eigenvalue weighted by Gasteiger charge is -2.26. The zero-order valence-corrected chi connectivity index (χ0v) is 18.5. The maximum Gasteiger partial charge on any atom is 0.230 e. The summed E-state index contributed by atoms with van der Waals surface area (Å²) in [6, 6.07) is 15.5. The molecule has 1 amide bonds. The monoisotopic (exact) mass is 458 g/mol. The Labute approximate surface area is 189 Å². The van der Waals surface area contributed by atoms with Crippen molar-refractivity contribution in [3.8, 4) is 5.69 Å². The largest absolute Gasteiger partial charge is 0.379 e. The highest BCUT2D eigenvalue weighted by Crippen LogP contribution is 2.19. The summed E-state index contributed by atoms with van der Waals surface area (Å²) >= 11 is 7.21. The van der Waals surface area contributed by atoms with Gasteiger partial charge >= 0.3 is 0 Å². The lowest BCUT2D eigenvalue weighted by Crippen LogP contribution is -2.35. The molecule has 31 heavy (non-hydrogen) atoms. The van der Waals surface area contributed by atoms with Crippen molar-refractivity contribution >= 4 is 29.3 Å². The van der Waals surface area contributed by atoms with Gasteiger partial charge in [0, 0.05) is 31.2 Å². The number of carbonyl (C=O) groups excluding carboxylic acids is 1. The first-order chi connectivity index (χ1) is 15.2. The Kier molecular flexibility index (Phi) is 7.52. The zero-order chi connectivity index (χ0) is 21.5. The number of nitrogens with one attached hydrogen (secondary N) is 1. The Bertz CT molecular complexity index is 990. The average molecular weight is 459 g/mol. The summed E-state index contributed by atoms with van der Waals surface area (Å²) in [6.45, 7) is 4.95. The molecule has 0 unspecified atom stereocenters. The van der Waals surface area contributed by atoms with E-state index in [-0.39, 0.29) is 11.7 Å². The standard InChI is InChI=1S/C21H23ClN6O2S/c22-18-5-7-19(8-6-18)28-21(24-25-26-28)31-15-20(29)23-13-16-1-3-17(4-2-16)14-27-9-11-30-12-10-27/h1-8H,9-15H2,(H,23,29). The Morgan fingerprint density at radius 2 is 1.77 bits per heavy atom. The summed E-state index contributed by atoms with van der Waals surface area (Å²) in [4.78, 5) is 14.7. The molecule has 1 aliphatic rings. The Balaban J connectivity index is 1.24. The first-order valence-electron chi connectivity index (χ1n) is 9.99. The van der Waals surface area contributed by atoms with E-state index in [9.17, 15) is 4.79 Å². The van der Waals surface area contributed by atoms with Crippen LogP contribution in [0.3, 0.4) is 0 Å². The normalized spacial score (nSPS) is 14.5. The van der Waals surface area contributed by atoms with Crippen molar-refractivity contribution in [3.63, 3.8) is 0 Å². The maximum absolute atomic E-state index is 12.3. The van der Waals surface area contributed by atoms with Crippen LogP contribution in [0.15, 0.2) is 53.7 Å². The van der Waals surface area contributed by atoms with Gasteiger partial charge in [0.25, 0.3) is 0 Å². The molecule has 2 aromatic carbocycles. The molecule has 0 radical (unpaired) electrons. The molecule has 162 valence electrons. The molecular weight excluding hydrogens is 436 g/mol. The van der Waals surface area contributed by atoms with E-state index in [1.54, 1.807) is 16.8 Å². The molecule has 4 rings (SSSR count). The van der Waals surface area contributed by atoms with Gasteiger partial charge in [-0.2, -0.15) is 4.68 Å². The van der Waals surface area contributed by atoms with E-state index in [2.05, 4.69) is 50.0 Å². The number of rotatable bonds is 8. The third-order valence-corrected chi connectivity index (χ3v) is 6.04. The van der Waals surface area contributed by atoms with Crippen LogP contribution in [0, 0.1) is 0 Å². The third-order valence-electron chi connectivity index (χ3n) is 4.87. The number of nitrogens with zero attached hydrogens (tertiary/aromatic N) is 5. The van der Waals surface area contributed by atoms with E-state index >= 15 is 0 Å². The van der Waals surface area contributed by atoms with Gasteiger partial charge in [0.1, 0.15) is 0 Å². The molecule has 1 N–H and O–H groups in total. The number of amides is 1. The number of ether oxygens (including phenoxy) is 1. The molecule has 8 nitrogen and oxygen atoms in total. The average Bonchev–Trinajstić information content (AvgIpc) is 3.27. The molecule has 1 saturated heterocycles. The van der Waals surface area contributed by atoms with Gasteiger partial charge in [0.15, 0.2) is 0 Å². The predicted molar refractivity (Wildman–Crippen MR) is 119 cm³/mol. The molecule has 0 spiro atoms. The van der Waals surface area contributed by atoms with Gasteiger partial charge in [-0.05, 0) is 45.8 Å². The first kappa shape index (κ1) is 21.8. The highest BCUT2D eigenvalue weighted by Gasteiger charge is 2.12. The van der Waals surface area contributed by atoms with Crippen LogP contribution in [0.25, 0.3) is 5.69 Å². The van der Waals surface area contributed by atoms with E-state index in [4.69, 9.17) is 16.3 Å². The minimum atomic E-state index is -0.0759. The number of benzene rings is 2. The molecule has 10 heteroatoms. The maximum atomic E-state index is 12.3. The highest BCUT2D eigenvalue weighted by atomic mass is 35.5. The number of tetrazole rings is 1. The summed E-state index contributed by atoms with van der Waals surface area (Å²) in [7, 11) is 0. The fourth-order valence-corrected chi connectivity index (χ4v) is 4.02. The summed E-state index contributed by atoms with van der Waals surface area (Å²) in [5.74, 6) is 0.149. The summed E-state index contributed by atoms with van der Waals surface area (Å²) in [5, 5.41) is 15.8. The summed E-state index contributed by atoms with van der Waals surface area (Å²) in [6.07, 6.45) is 0. The second kappa shape index (κ2) is 10.7. The topological polar surface area (TPSA) is 85.2 Å². The fourth-order valence-electron chi connectivity index (χ4n) is 3.18. The molecular formula is C21H23ClN6O2S. The van der Waals surface area contributed by atoms with Crippen LogP contribution in [0.5, 0.6) is 0 Å². The van der Waals surface area contributed by atoms with Crippen molar-refractivity contribution in [2.24, 2.45) is 0 Å². The van der Waals surface area contributed by atoms with Crippen LogP contribution in [-0.2, 0) is 22.6 Å². The van der Waals surface area contributed by atoms with Gasteiger partial charge in [-0.3, -0.25) is 9.69 Å². The smallest absolute Gasteiger partial charge is 0.230 e. The molecule has 0 saturated carbocycles. The predicted octanol–water partition coefficient (Wildman–Crippen LogP) is 2.56. The van der Waals surface area contributed by atoms with Crippen LogP contribution in [0.4, 0.5) is 0 Å². The molecule has 0 atom stereocenters. The number of aromatic nitrogens is 4.